The second kappa shape index (κ2) is 5.31. The number of hydrogen-bond acceptors (Lipinski definition) is 4. The quantitative estimate of drug-likeness (QED) is 0.770. The van der Waals surface area contributed by atoms with Crippen molar-refractivity contribution in [1.29, 1.82) is 0 Å². The monoisotopic (exact) mass is 256 g/mol. The number of carbonyl (C=O) groups is 1. The molecule has 94 valence electrons. The van der Waals surface area contributed by atoms with Crippen LogP contribution in [0.2, 0.25) is 0 Å². The normalized spacial score (nSPS) is 13.1. The summed E-state index contributed by atoms with van der Waals surface area (Å²) in [5.74, 6) is -0.715. The maximum absolute atomic E-state index is 12.2. The minimum atomic E-state index is -3.65. The van der Waals surface area contributed by atoms with Gasteiger partial charge >= 0.3 is 5.97 Å². The lowest BCUT2D eigenvalue weighted by Crippen LogP contribution is -2.30. The number of benzene rings is 1. The Balaban J connectivity index is 3.17. The Kier molecular flexibility index (Phi) is 4.28. The molecule has 1 unspecified atom stereocenters. The summed E-state index contributed by atoms with van der Waals surface area (Å²) in [6.45, 7) is 3.52. The molecule has 0 aliphatic heterocycles. The first-order chi connectivity index (χ1) is 7.93. The van der Waals surface area contributed by atoms with Crippen molar-refractivity contribution in [2.45, 2.75) is 30.4 Å². The van der Waals surface area contributed by atoms with Gasteiger partial charge in [-0.2, -0.15) is 0 Å². The Hall–Kier alpha value is -1.36. The lowest BCUT2D eigenvalue weighted by Gasteiger charge is -2.13. The van der Waals surface area contributed by atoms with Gasteiger partial charge in [-0.05, 0) is 25.5 Å². The molecule has 0 bridgehead atoms. The van der Waals surface area contributed by atoms with Gasteiger partial charge in [-0.3, -0.25) is 4.79 Å². The number of rotatable bonds is 4. The Labute approximate surface area is 102 Å². The molecule has 0 amide bonds. The SMILES string of the molecule is CCC(C(=O)OC)S(=O)(=O)c1ccc(C)cc1. The predicted molar refractivity (Wildman–Crippen MR) is 64.5 cm³/mol. The van der Waals surface area contributed by atoms with Gasteiger partial charge in [0.2, 0.25) is 0 Å². The molecular formula is C12H16O4S. The van der Waals surface area contributed by atoms with Crippen LogP contribution in [0.25, 0.3) is 0 Å². The Morgan fingerprint density at radius 3 is 2.24 bits per heavy atom. The van der Waals surface area contributed by atoms with Crippen LogP contribution in [0.4, 0.5) is 0 Å². The van der Waals surface area contributed by atoms with Crippen LogP contribution < -0.4 is 0 Å². The van der Waals surface area contributed by atoms with E-state index in [2.05, 4.69) is 4.74 Å². The average Bonchev–Trinajstić information content (AvgIpc) is 2.29. The zero-order valence-electron chi connectivity index (χ0n) is 10.1. The molecule has 17 heavy (non-hydrogen) atoms. The van der Waals surface area contributed by atoms with E-state index in [9.17, 15) is 13.2 Å². The predicted octanol–water partition coefficient (Wildman–Crippen LogP) is 1.72. The molecule has 0 fully saturated rings. The summed E-state index contributed by atoms with van der Waals surface area (Å²) in [6.07, 6.45) is 0.197. The molecule has 0 radical (unpaired) electrons. The third kappa shape index (κ3) is 2.85. The molecule has 0 aromatic heterocycles. The van der Waals surface area contributed by atoms with Crippen molar-refractivity contribution in [2.75, 3.05) is 7.11 Å². The van der Waals surface area contributed by atoms with Crippen LogP contribution in [0.5, 0.6) is 0 Å². The first-order valence-corrected chi connectivity index (χ1v) is 6.86. The highest BCUT2D eigenvalue weighted by Gasteiger charge is 2.33. The summed E-state index contributed by atoms with van der Waals surface area (Å²) in [6, 6.07) is 6.43. The number of carbonyl (C=O) groups excluding carboxylic acids is 1. The van der Waals surface area contributed by atoms with Crippen LogP contribution in [0, 0.1) is 6.92 Å². The highest BCUT2D eigenvalue weighted by Crippen LogP contribution is 2.19. The van der Waals surface area contributed by atoms with Gasteiger partial charge in [0.1, 0.15) is 0 Å². The maximum Gasteiger partial charge on any atom is 0.324 e. The lowest BCUT2D eigenvalue weighted by atomic mass is 10.2. The fourth-order valence-corrected chi connectivity index (χ4v) is 3.17. The second-order valence-corrected chi connectivity index (χ2v) is 5.91. The molecule has 0 N–H and O–H groups in total. The molecule has 0 saturated heterocycles. The Bertz CT molecular complexity index is 488. The van der Waals surface area contributed by atoms with Gasteiger partial charge in [0.05, 0.1) is 12.0 Å². The highest BCUT2D eigenvalue weighted by molar-refractivity contribution is 7.92. The van der Waals surface area contributed by atoms with E-state index in [-0.39, 0.29) is 11.3 Å². The minimum Gasteiger partial charge on any atom is -0.468 e. The van der Waals surface area contributed by atoms with Crippen molar-refractivity contribution in [2.24, 2.45) is 0 Å². The fraction of sp³-hybridized carbons (Fsp3) is 0.417. The van der Waals surface area contributed by atoms with E-state index in [1.165, 1.54) is 19.2 Å². The number of sulfone groups is 1. The van der Waals surface area contributed by atoms with Crippen molar-refractivity contribution in [3.63, 3.8) is 0 Å². The average molecular weight is 256 g/mol. The molecule has 1 rings (SSSR count). The summed E-state index contributed by atoms with van der Waals surface area (Å²) in [5, 5.41) is -1.13. The van der Waals surface area contributed by atoms with Crippen molar-refractivity contribution in [3.8, 4) is 0 Å². The summed E-state index contributed by atoms with van der Waals surface area (Å²) in [7, 11) is -2.46. The molecule has 0 heterocycles. The Morgan fingerprint density at radius 1 is 1.29 bits per heavy atom. The van der Waals surface area contributed by atoms with E-state index in [0.717, 1.165) is 5.56 Å². The molecule has 0 aliphatic carbocycles. The molecule has 4 nitrogen and oxygen atoms in total. The second-order valence-electron chi connectivity index (χ2n) is 3.78. The molecule has 1 aromatic rings. The largest absolute Gasteiger partial charge is 0.468 e. The first-order valence-electron chi connectivity index (χ1n) is 5.32. The third-order valence-electron chi connectivity index (χ3n) is 2.56. The van der Waals surface area contributed by atoms with Crippen LogP contribution in [0.3, 0.4) is 0 Å². The van der Waals surface area contributed by atoms with E-state index in [1.807, 2.05) is 6.92 Å². The van der Waals surface area contributed by atoms with Crippen molar-refractivity contribution < 1.29 is 17.9 Å². The van der Waals surface area contributed by atoms with Crippen LogP contribution in [-0.4, -0.2) is 26.7 Å². The first kappa shape index (κ1) is 13.7. The number of methoxy groups -OCH3 is 1. The number of aryl methyl sites for hydroxylation is 1. The van der Waals surface area contributed by atoms with Gasteiger partial charge in [0, 0.05) is 0 Å². The number of esters is 1. The summed E-state index contributed by atoms with van der Waals surface area (Å²) < 4.78 is 28.9. The molecule has 0 spiro atoms. The molecule has 1 atom stereocenters. The zero-order valence-corrected chi connectivity index (χ0v) is 11.0. The zero-order chi connectivity index (χ0) is 13.1. The highest BCUT2D eigenvalue weighted by atomic mass is 32.2. The topological polar surface area (TPSA) is 60.4 Å². The van der Waals surface area contributed by atoms with Crippen molar-refractivity contribution in [3.05, 3.63) is 29.8 Å². The van der Waals surface area contributed by atoms with Gasteiger partial charge in [-0.1, -0.05) is 24.6 Å². The summed E-state index contributed by atoms with van der Waals surface area (Å²) in [4.78, 5) is 11.6. The van der Waals surface area contributed by atoms with Gasteiger partial charge in [0.25, 0.3) is 0 Å². The van der Waals surface area contributed by atoms with Gasteiger partial charge in [-0.15, -0.1) is 0 Å². The van der Waals surface area contributed by atoms with E-state index in [1.54, 1.807) is 19.1 Å². The standard InChI is InChI=1S/C12H16O4S/c1-4-11(12(13)16-3)17(14,15)10-7-5-9(2)6-8-10/h5-8,11H,4H2,1-3H3. The maximum atomic E-state index is 12.2. The van der Waals surface area contributed by atoms with Crippen LogP contribution in [0.1, 0.15) is 18.9 Å². The molecular weight excluding hydrogens is 240 g/mol. The molecule has 0 saturated carbocycles. The fourth-order valence-electron chi connectivity index (χ4n) is 1.54. The summed E-state index contributed by atoms with van der Waals surface area (Å²) >= 11 is 0. The van der Waals surface area contributed by atoms with Crippen molar-refractivity contribution >= 4 is 15.8 Å². The van der Waals surface area contributed by atoms with E-state index in [4.69, 9.17) is 0 Å². The minimum absolute atomic E-state index is 0.153. The van der Waals surface area contributed by atoms with E-state index in [0.29, 0.717) is 0 Å². The smallest absolute Gasteiger partial charge is 0.324 e. The molecule has 1 aromatic carbocycles. The van der Waals surface area contributed by atoms with Crippen LogP contribution in [-0.2, 0) is 19.4 Å². The number of hydrogen-bond donors (Lipinski definition) is 0. The van der Waals surface area contributed by atoms with E-state index < -0.39 is 21.1 Å². The number of ether oxygens (including phenoxy) is 1. The van der Waals surface area contributed by atoms with Gasteiger partial charge in [0.15, 0.2) is 15.1 Å². The summed E-state index contributed by atoms with van der Waals surface area (Å²) in [5.41, 5.74) is 0.968. The third-order valence-corrected chi connectivity index (χ3v) is 4.76. The lowest BCUT2D eigenvalue weighted by molar-refractivity contribution is -0.140. The van der Waals surface area contributed by atoms with Crippen molar-refractivity contribution in [1.82, 2.24) is 0 Å². The molecule has 5 heteroatoms. The van der Waals surface area contributed by atoms with Crippen LogP contribution >= 0.6 is 0 Å². The Morgan fingerprint density at radius 2 is 1.82 bits per heavy atom. The molecule has 0 aliphatic rings. The van der Waals surface area contributed by atoms with E-state index >= 15 is 0 Å². The van der Waals surface area contributed by atoms with Gasteiger partial charge in [-0.25, -0.2) is 8.42 Å². The van der Waals surface area contributed by atoms with Gasteiger partial charge < -0.3 is 4.74 Å². The van der Waals surface area contributed by atoms with Crippen LogP contribution in [0.15, 0.2) is 29.2 Å².